The van der Waals surface area contributed by atoms with E-state index in [2.05, 4.69) is 20.2 Å². The number of carbonyl (C=O) groups is 1. The molecule has 0 radical (unpaired) electrons. The van der Waals surface area contributed by atoms with Gasteiger partial charge in [0.25, 0.3) is 10.0 Å². The second-order valence-corrected chi connectivity index (χ2v) is 8.39. The molecule has 1 amide bonds. The molecule has 136 valence electrons. The number of hydrogen-bond acceptors (Lipinski definition) is 5. The van der Waals surface area contributed by atoms with Gasteiger partial charge >= 0.3 is 0 Å². The Bertz CT molecular complexity index is 1030. The van der Waals surface area contributed by atoms with Crippen LogP contribution in [0.2, 0.25) is 0 Å². The SMILES string of the molecule is Cc1ccc(C)c(S(=O)(=O)NNC(=O)CSc2nc3ccccc3[nH]2)c1. The zero-order valence-corrected chi connectivity index (χ0v) is 15.9. The molecule has 0 saturated carbocycles. The number of fused-ring (bicyclic) bond motifs is 1. The lowest BCUT2D eigenvalue weighted by molar-refractivity contribution is -0.119. The van der Waals surface area contributed by atoms with Gasteiger partial charge in [0.2, 0.25) is 5.91 Å². The number of hydrogen-bond donors (Lipinski definition) is 3. The second-order valence-electron chi connectivity index (χ2n) is 5.77. The van der Waals surface area contributed by atoms with Crippen LogP contribution in [0.4, 0.5) is 0 Å². The zero-order chi connectivity index (χ0) is 18.7. The van der Waals surface area contributed by atoms with E-state index in [4.69, 9.17) is 0 Å². The Labute approximate surface area is 155 Å². The van der Waals surface area contributed by atoms with Crippen molar-refractivity contribution in [3.8, 4) is 0 Å². The fourth-order valence-corrected chi connectivity index (χ4v) is 4.22. The zero-order valence-electron chi connectivity index (χ0n) is 14.2. The van der Waals surface area contributed by atoms with Crippen molar-refractivity contribution >= 4 is 38.7 Å². The van der Waals surface area contributed by atoms with Crippen molar-refractivity contribution in [1.29, 1.82) is 0 Å². The first kappa shape index (κ1) is 18.4. The van der Waals surface area contributed by atoms with Gasteiger partial charge in [-0.2, -0.15) is 0 Å². The molecule has 0 aliphatic carbocycles. The first-order valence-corrected chi connectivity index (χ1v) is 10.3. The summed E-state index contributed by atoms with van der Waals surface area (Å²) in [5.74, 6) is -0.445. The Balaban J connectivity index is 1.58. The molecule has 26 heavy (non-hydrogen) atoms. The highest BCUT2D eigenvalue weighted by molar-refractivity contribution is 7.99. The number of nitrogens with one attached hydrogen (secondary N) is 3. The fraction of sp³-hybridized carbons (Fsp3) is 0.176. The van der Waals surface area contributed by atoms with Crippen LogP contribution in [0, 0.1) is 13.8 Å². The molecule has 0 spiro atoms. The molecule has 0 saturated heterocycles. The van der Waals surface area contributed by atoms with Crippen LogP contribution in [-0.2, 0) is 14.8 Å². The molecule has 9 heteroatoms. The molecule has 0 aliphatic heterocycles. The van der Waals surface area contributed by atoms with Crippen LogP contribution < -0.4 is 10.3 Å². The predicted molar refractivity (Wildman–Crippen MR) is 101 cm³/mol. The second kappa shape index (κ2) is 7.48. The number of hydrazine groups is 1. The third kappa shape index (κ3) is 4.24. The van der Waals surface area contributed by atoms with E-state index in [1.807, 2.05) is 30.3 Å². The number of aromatic amines is 1. The summed E-state index contributed by atoms with van der Waals surface area (Å²) in [6.07, 6.45) is 0. The molecule has 2 aromatic carbocycles. The summed E-state index contributed by atoms with van der Waals surface area (Å²) in [6.45, 7) is 3.51. The summed E-state index contributed by atoms with van der Waals surface area (Å²) in [5, 5.41) is 0.596. The van der Waals surface area contributed by atoms with Crippen molar-refractivity contribution < 1.29 is 13.2 Å². The molecule has 0 bridgehead atoms. The number of nitrogens with zero attached hydrogens (tertiary/aromatic N) is 1. The van der Waals surface area contributed by atoms with Gasteiger partial charge in [-0.1, -0.05) is 36.0 Å². The maximum Gasteiger partial charge on any atom is 0.257 e. The number of sulfonamides is 1. The third-order valence-electron chi connectivity index (χ3n) is 3.67. The Morgan fingerprint density at radius 3 is 2.73 bits per heavy atom. The molecular weight excluding hydrogens is 372 g/mol. The van der Waals surface area contributed by atoms with Gasteiger partial charge in [-0.05, 0) is 43.2 Å². The number of para-hydroxylation sites is 2. The Morgan fingerprint density at radius 1 is 1.19 bits per heavy atom. The van der Waals surface area contributed by atoms with Crippen LogP contribution in [0.15, 0.2) is 52.5 Å². The lowest BCUT2D eigenvalue weighted by atomic mass is 10.2. The van der Waals surface area contributed by atoms with E-state index in [0.717, 1.165) is 16.6 Å². The van der Waals surface area contributed by atoms with Gasteiger partial charge in [0.1, 0.15) is 0 Å². The van der Waals surface area contributed by atoms with E-state index in [0.29, 0.717) is 10.7 Å². The van der Waals surface area contributed by atoms with Gasteiger partial charge in [-0.3, -0.25) is 10.2 Å². The summed E-state index contributed by atoms with van der Waals surface area (Å²) in [5.41, 5.74) is 5.35. The topological polar surface area (TPSA) is 104 Å². The van der Waals surface area contributed by atoms with E-state index in [9.17, 15) is 13.2 Å². The van der Waals surface area contributed by atoms with Crippen LogP contribution in [0.25, 0.3) is 11.0 Å². The molecule has 1 aromatic heterocycles. The number of aromatic nitrogens is 2. The Hall–Kier alpha value is -2.36. The highest BCUT2D eigenvalue weighted by Crippen LogP contribution is 2.19. The molecule has 1 heterocycles. The average Bonchev–Trinajstić information content (AvgIpc) is 3.03. The monoisotopic (exact) mass is 390 g/mol. The predicted octanol–water partition coefficient (Wildman–Crippen LogP) is 2.28. The van der Waals surface area contributed by atoms with Crippen molar-refractivity contribution in [3.63, 3.8) is 0 Å². The minimum absolute atomic E-state index is 0.0230. The number of aryl methyl sites for hydroxylation is 2. The van der Waals surface area contributed by atoms with Gasteiger partial charge in [-0.25, -0.2) is 13.4 Å². The van der Waals surface area contributed by atoms with Gasteiger partial charge in [0, 0.05) is 0 Å². The number of amides is 1. The van der Waals surface area contributed by atoms with Crippen LogP contribution in [0.3, 0.4) is 0 Å². The number of thioether (sulfide) groups is 1. The van der Waals surface area contributed by atoms with Crippen molar-refractivity contribution in [1.82, 2.24) is 20.2 Å². The molecule has 3 rings (SSSR count). The molecule has 0 aliphatic rings. The van der Waals surface area contributed by atoms with E-state index in [1.165, 1.54) is 11.8 Å². The Kier molecular flexibility index (Phi) is 5.30. The van der Waals surface area contributed by atoms with Crippen molar-refractivity contribution in [2.24, 2.45) is 0 Å². The van der Waals surface area contributed by atoms with Crippen LogP contribution in [0.5, 0.6) is 0 Å². The lowest BCUT2D eigenvalue weighted by Gasteiger charge is -2.10. The van der Waals surface area contributed by atoms with Crippen molar-refractivity contribution in [2.75, 3.05) is 5.75 Å². The first-order chi connectivity index (χ1) is 12.3. The highest BCUT2D eigenvalue weighted by atomic mass is 32.2. The average molecular weight is 390 g/mol. The lowest BCUT2D eigenvalue weighted by Crippen LogP contribution is -2.42. The molecule has 3 aromatic rings. The molecule has 0 fully saturated rings. The number of benzene rings is 2. The van der Waals surface area contributed by atoms with Crippen LogP contribution in [-0.4, -0.2) is 30.0 Å². The first-order valence-electron chi connectivity index (χ1n) is 7.80. The summed E-state index contributed by atoms with van der Waals surface area (Å²) in [4.78, 5) is 21.7. The van der Waals surface area contributed by atoms with Crippen molar-refractivity contribution in [3.05, 3.63) is 53.6 Å². The molecule has 0 unspecified atom stereocenters. The third-order valence-corrected chi connectivity index (χ3v) is 5.93. The quantitative estimate of drug-likeness (QED) is 0.442. The normalized spacial score (nSPS) is 11.6. The Morgan fingerprint density at radius 2 is 1.96 bits per heavy atom. The van der Waals surface area contributed by atoms with Gasteiger partial charge in [0.15, 0.2) is 5.16 Å². The molecule has 3 N–H and O–H groups in total. The fourth-order valence-electron chi connectivity index (χ4n) is 2.34. The molecule has 0 atom stereocenters. The molecule has 7 nitrogen and oxygen atoms in total. The van der Waals surface area contributed by atoms with E-state index in [-0.39, 0.29) is 10.6 Å². The van der Waals surface area contributed by atoms with E-state index in [1.54, 1.807) is 26.0 Å². The number of rotatable bonds is 6. The van der Waals surface area contributed by atoms with Gasteiger partial charge in [0.05, 0.1) is 21.7 Å². The maximum atomic E-state index is 12.4. The largest absolute Gasteiger partial charge is 0.333 e. The molecular formula is C17H18N4O3S2. The summed E-state index contributed by atoms with van der Waals surface area (Å²) in [7, 11) is -3.83. The summed E-state index contributed by atoms with van der Waals surface area (Å²) < 4.78 is 24.7. The minimum Gasteiger partial charge on any atom is -0.333 e. The summed E-state index contributed by atoms with van der Waals surface area (Å²) >= 11 is 1.19. The smallest absolute Gasteiger partial charge is 0.257 e. The van der Waals surface area contributed by atoms with Crippen LogP contribution in [0.1, 0.15) is 11.1 Å². The number of imidazole rings is 1. The standard InChI is InChI=1S/C17H18N4O3S2/c1-11-7-8-12(2)15(9-11)26(23,24)21-20-16(22)10-25-17-18-13-5-3-4-6-14(13)19-17/h3-9,21H,10H2,1-2H3,(H,18,19)(H,20,22). The van der Waals surface area contributed by atoms with Gasteiger partial charge < -0.3 is 4.98 Å². The van der Waals surface area contributed by atoms with Crippen LogP contribution >= 0.6 is 11.8 Å². The highest BCUT2D eigenvalue weighted by Gasteiger charge is 2.18. The summed E-state index contributed by atoms with van der Waals surface area (Å²) in [6, 6.07) is 12.7. The van der Waals surface area contributed by atoms with Gasteiger partial charge in [-0.15, -0.1) is 4.83 Å². The van der Waals surface area contributed by atoms with E-state index < -0.39 is 15.9 Å². The van der Waals surface area contributed by atoms with Crippen molar-refractivity contribution in [2.45, 2.75) is 23.9 Å². The minimum atomic E-state index is -3.83. The number of carbonyl (C=O) groups excluding carboxylic acids is 1. The number of H-pyrrole nitrogens is 1. The maximum absolute atomic E-state index is 12.4. The van der Waals surface area contributed by atoms with E-state index >= 15 is 0 Å².